The zero-order chi connectivity index (χ0) is 10.7. The maximum atomic E-state index is 12.1. The third-order valence-corrected chi connectivity index (χ3v) is 3.84. The molecule has 0 atom stereocenters. The van der Waals surface area contributed by atoms with Crippen LogP contribution >= 0.6 is 22.7 Å². The van der Waals surface area contributed by atoms with Gasteiger partial charge in [-0.05, 0) is 29.8 Å². The van der Waals surface area contributed by atoms with Crippen molar-refractivity contribution >= 4 is 34.0 Å². The van der Waals surface area contributed by atoms with Gasteiger partial charge in [-0.2, -0.15) is 0 Å². The molecule has 3 heteroatoms. The van der Waals surface area contributed by atoms with Crippen LogP contribution < -0.4 is 0 Å². The zero-order valence-corrected chi connectivity index (χ0v) is 9.90. The first kappa shape index (κ1) is 10.3. The molecule has 76 valence electrons. The molecule has 0 bridgehead atoms. The minimum Gasteiger partial charge on any atom is -0.288 e. The summed E-state index contributed by atoms with van der Waals surface area (Å²) in [6, 6.07) is 7.71. The highest BCUT2D eigenvalue weighted by Gasteiger charge is 2.14. The summed E-state index contributed by atoms with van der Waals surface area (Å²) in [4.78, 5) is 13.9. The van der Waals surface area contributed by atoms with Gasteiger partial charge in [0.2, 0.25) is 5.78 Å². The van der Waals surface area contributed by atoms with E-state index in [2.05, 4.69) is 0 Å². The molecule has 2 heterocycles. The van der Waals surface area contributed by atoms with Crippen LogP contribution in [0, 0.1) is 0 Å². The highest BCUT2D eigenvalue weighted by atomic mass is 32.1. The molecule has 1 nitrogen and oxygen atoms in total. The Bertz CT molecular complexity index is 464. The summed E-state index contributed by atoms with van der Waals surface area (Å²) in [6.07, 6.45) is 1.88. The van der Waals surface area contributed by atoms with Gasteiger partial charge in [0, 0.05) is 10.5 Å². The topological polar surface area (TPSA) is 17.1 Å². The second kappa shape index (κ2) is 4.55. The van der Waals surface area contributed by atoms with Crippen LogP contribution in [0.1, 0.15) is 21.5 Å². The number of allylic oxidation sites excluding steroid dienone is 2. The van der Waals surface area contributed by atoms with E-state index in [1.54, 1.807) is 11.3 Å². The van der Waals surface area contributed by atoms with E-state index in [0.717, 1.165) is 15.3 Å². The molecule has 0 saturated heterocycles. The third-order valence-electron chi connectivity index (χ3n) is 2.06. The lowest BCUT2D eigenvalue weighted by molar-refractivity contribution is 0.106. The molecule has 0 N–H and O–H groups in total. The van der Waals surface area contributed by atoms with Crippen molar-refractivity contribution in [3.05, 3.63) is 50.9 Å². The van der Waals surface area contributed by atoms with Crippen molar-refractivity contribution < 1.29 is 4.79 Å². The van der Waals surface area contributed by atoms with Gasteiger partial charge >= 0.3 is 0 Å². The SMILES string of the molecule is CC=C(C(=O)c1cccs1)c1cccs1. The van der Waals surface area contributed by atoms with Crippen LogP contribution in [0.5, 0.6) is 0 Å². The molecule has 0 aliphatic rings. The van der Waals surface area contributed by atoms with Gasteiger partial charge in [0.25, 0.3) is 0 Å². The Balaban J connectivity index is 2.34. The van der Waals surface area contributed by atoms with E-state index in [-0.39, 0.29) is 5.78 Å². The van der Waals surface area contributed by atoms with Gasteiger partial charge in [-0.25, -0.2) is 0 Å². The number of Topliss-reactive ketones (excluding diaryl/α,β-unsaturated/α-hetero) is 1. The molecule has 0 saturated carbocycles. The summed E-state index contributed by atoms with van der Waals surface area (Å²) in [5.41, 5.74) is 0.799. The molecule has 2 aromatic rings. The van der Waals surface area contributed by atoms with E-state index in [1.165, 1.54) is 11.3 Å². The van der Waals surface area contributed by atoms with Crippen LogP contribution in [0.4, 0.5) is 0 Å². The second-order valence-electron chi connectivity index (χ2n) is 2.99. The second-order valence-corrected chi connectivity index (χ2v) is 4.88. The predicted molar refractivity (Wildman–Crippen MR) is 66.6 cm³/mol. The van der Waals surface area contributed by atoms with Crippen LogP contribution in [0.2, 0.25) is 0 Å². The Hall–Kier alpha value is -1.19. The first-order valence-electron chi connectivity index (χ1n) is 4.61. The maximum Gasteiger partial charge on any atom is 0.204 e. The van der Waals surface area contributed by atoms with E-state index in [9.17, 15) is 4.79 Å². The average Bonchev–Trinajstić information content (AvgIpc) is 2.91. The van der Waals surface area contributed by atoms with Crippen molar-refractivity contribution in [2.75, 3.05) is 0 Å². The Morgan fingerprint density at radius 2 is 1.73 bits per heavy atom. The van der Waals surface area contributed by atoms with Gasteiger partial charge < -0.3 is 0 Å². The van der Waals surface area contributed by atoms with E-state index in [0.29, 0.717) is 0 Å². The van der Waals surface area contributed by atoms with E-state index < -0.39 is 0 Å². The molecule has 15 heavy (non-hydrogen) atoms. The zero-order valence-electron chi connectivity index (χ0n) is 8.27. The minimum atomic E-state index is 0.120. The number of carbonyl (C=O) groups is 1. The van der Waals surface area contributed by atoms with Gasteiger partial charge in [-0.3, -0.25) is 4.79 Å². The summed E-state index contributed by atoms with van der Waals surface area (Å²) >= 11 is 3.08. The summed E-state index contributed by atoms with van der Waals surface area (Å²) in [7, 11) is 0. The van der Waals surface area contributed by atoms with Gasteiger partial charge in [-0.15, -0.1) is 22.7 Å². The van der Waals surface area contributed by atoms with Gasteiger partial charge in [-0.1, -0.05) is 18.2 Å². The van der Waals surface area contributed by atoms with Crippen molar-refractivity contribution in [2.45, 2.75) is 6.92 Å². The van der Waals surface area contributed by atoms with Crippen LogP contribution in [0.15, 0.2) is 41.1 Å². The fraction of sp³-hybridized carbons (Fsp3) is 0.0833. The largest absolute Gasteiger partial charge is 0.288 e. The van der Waals surface area contributed by atoms with Crippen LogP contribution in [-0.2, 0) is 0 Å². The smallest absolute Gasteiger partial charge is 0.204 e. The maximum absolute atomic E-state index is 12.1. The Labute approximate surface area is 96.7 Å². The molecule has 2 rings (SSSR count). The molecule has 0 amide bonds. The normalized spacial score (nSPS) is 11.7. The van der Waals surface area contributed by atoms with Crippen molar-refractivity contribution in [2.24, 2.45) is 0 Å². The molecule has 0 fully saturated rings. The van der Waals surface area contributed by atoms with Crippen molar-refractivity contribution in [3.63, 3.8) is 0 Å². The average molecular weight is 234 g/mol. The van der Waals surface area contributed by atoms with E-state index in [4.69, 9.17) is 0 Å². The first-order valence-corrected chi connectivity index (χ1v) is 6.37. The van der Waals surface area contributed by atoms with E-state index >= 15 is 0 Å². The standard InChI is InChI=1S/C12H10OS2/c1-2-9(10-5-3-7-14-10)12(13)11-6-4-8-15-11/h2-8H,1H3. The van der Waals surface area contributed by atoms with Gasteiger partial charge in [0.1, 0.15) is 0 Å². The summed E-state index contributed by atoms with van der Waals surface area (Å²) in [6.45, 7) is 1.90. The Morgan fingerprint density at radius 1 is 1.13 bits per heavy atom. The lowest BCUT2D eigenvalue weighted by Gasteiger charge is -2.00. The minimum absolute atomic E-state index is 0.120. The fourth-order valence-electron chi connectivity index (χ4n) is 1.36. The molecular formula is C12H10OS2. The number of hydrogen-bond donors (Lipinski definition) is 0. The molecule has 2 aromatic heterocycles. The number of thiophene rings is 2. The molecular weight excluding hydrogens is 224 g/mol. The number of ketones is 1. The number of hydrogen-bond acceptors (Lipinski definition) is 3. The van der Waals surface area contributed by atoms with Gasteiger partial charge in [0.15, 0.2) is 0 Å². The fourth-order valence-corrected chi connectivity index (χ4v) is 2.83. The van der Waals surface area contributed by atoms with Crippen LogP contribution in [0.25, 0.3) is 5.57 Å². The Morgan fingerprint density at radius 3 is 2.20 bits per heavy atom. The van der Waals surface area contributed by atoms with E-state index in [1.807, 2.05) is 48.0 Å². The molecule has 0 spiro atoms. The monoisotopic (exact) mass is 234 g/mol. The van der Waals surface area contributed by atoms with Crippen molar-refractivity contribution in [1.82, 2.24) is 0 Å². The molecule has 0 aliphatic heterocycles. The quantitative estimate of drug-likeness (QED) is 0.577. The highest BCUT2D eigenvalue weighted by molar-refractivity contribution is 7.14. The highest BCUT2D eigenvalue weighted by Crippen LogP contribution is 2.25. The lowest BCUT2D eigenvalue weighted by atomic mass is 10.1. The van der Waals surface area contributed by atoms with Crippen LogP contribution in [-0.4, -0.2) is 5.78 Å². The summed E-state index contributed by atoms with van der Waals surface area (Å²) in [5.74, 6) is 0.120. The molecule has 0 aliphatic carbocycles. The lowest BCUT2D eigenvalue weighted by Crippen LogP contribution is -1.98. The van der Waals surface area contributed by atoms with Crippen molar-refractivity contribution in [3.8, 4) is 0 Å². The summed E-state index contributed by atoms with van der Waals surface area (Å²) in [5, 5.41) is 3.91. The first-order chi connectivity index (χ1) is 7.33. The third kappa shape index (κ3) is 2.08. The Kier molecular flexibility index (Phi) is 3.14. The predicted octanol–water partition coefficient (Wildman–Crippen LogP) is 4.10. The van der Waals surface area contributed by atoms with Gasteiger partial charge in [0.05, 0.1) is 4.88 Å². The van der Waals surface area contributed by atoms with Crippen molar-refractivity contribution in [1.29, 1.82) is 0 Å². The molecule has 0 aromatic carbocycles. The molecule has 0 radical (unpaired) electrons. The summed E-state index contributed by atoms with van der Waals surface area (Å²) < 4.78 is 0. The van der Waals surface area contributed by atoms with Crippen LogP contribution in [0.3, 0.4) is 0 Å². The molecule has 0 unspecified atom stereocenters. The number of rotatable bonds is 3. The number of carbonyl (C=O) groups excluding carboxylic acids is 1.